The van der Waals surface area contributed by atoms with Crippen molar-refractivity contribution in [2.75, 3.05) is 0 Å². The maximum atomic E-state index is 12.0. The number of nitrogens with one attached hydrogen (secondary N) is 1. The first-order valence-electron chi connectivity index (χ1n) is 6.87. The number of benzene rings is 2. The first-order chi connectivity index (χ1) is 10.5. The Morgan fingerprint density at radius 1 is 1.14 bits per heavy atom. The van der Waals surface area contributed by atoms with E-state index in [4.69, 9.17) is 16.3 Å². The average Bonchev–Trinajstić information content (AvgIpc) is 2.47. The standard InChI is InChI=1S/C17H16ClNO3/c1-12(19-17(21)13-6-3-2-4-7-13)10-16(20)22-15-9-5-8-14(18)11-15/h2-9,11-12H,10H2,1H3,(H,19,21). The second-order valence-electron chi connectivity index (χ2n) is 4.88. The van der Waals surface area contributed by atoms with E-state index in [1.54, 1.807) is 55.5 Å². The zero-order valence-corrected chi connectivity index (χ0v) is 12.8. The maximum absolute atomic E-state index is 12.0. The van der Waals surface area contributed by atoms with Crippen molar-refractivity contribution in [2.45, 2.75) is 19.4 Å². The Morgan fingerprint density at radius 2 is 1.86 bits per heavy atom. The molecule has 0 aliphatic rings. The highest BCUT2D eigenvalue weighted by Gasteiger charge is 2.14. The summed E-state index contributed by atoms with van der Waals surface area (Å²) in [5.74, 6) is -0.258. The largest absolute Gasteiger partial charge is 0.426 e. The van der Waals surface area contributed by atoms with Gasteiger partial charge in [0.25, 0.3) is 5.91 Å². The normalized spacial score (nSPS) is 11.5. The molecule has 0 aliphatic carbocycles. The number of amides is 1. The van der Waals surface area contributed by atoms with Crippen molar-refractivity contribution in [1.29, 1.82) is 0 Å². The van der Waals surface area contributed by atoms with E-state index in [0.717, 1.165) is 0 Å². The molecule has 0 spiro atoms. The quantitative estimate of drug-likeness (QED) is 0.678. The summed E-state index contributed by atoms with van der Waals surface area (Å²) in [5, 5.41) is 3.25. The second kappa shape index (κ2) is 7.61. The molecule has 4 nitrogen and oxygen atoms in total. The minimum atomic E-state index is -0.428. The minimum absolute atomic E-state index is 0.0745. The Hall–Kier alpha value is -2.33. The lowest BCUT2D eigenvalue weighted by Gasteiger charge is -2.13. The predicted molar refractivity (Wildman–Crippen MR) is 85.1 cm³/mol. The number of hydrogen-bond donors (Lipinski definition) is 1. The van der Waals surface area contributed by atoms with Crippen LogP contribution < -0.4 is 10.1 Å². The molecule has 1 N–H and O–H groups in total. The highest BCUT2D eigenvalue weighted by Crippen LogP contribution is 2.17. The molecule has 2 aromatic rings. The Bertz CT molecular complexity index is 658. The Morgan fingerprint density at radius 3 is 2.55 bits per heavy atom. The van der Waals surface area contributed by atoms with E-state index >= 15 is 0 Å². The van der Waals surface area contributed by atoms with E-state index in [0.29, 0.717) is 16.3 Å². The minimum Gasteiger partial charge on any atom is -0.426 e. The molecule has 1 amide bonds. The van der Waals surface area contributed by atoms with Gasteiger partial charge in [0.05, 0.1) is 6.42 Å². The van der Waals surface area contributed by atoms with Crippen LogP contribution in [0.3, 0.4) is 0 Å². The Labute approximate surface area is 134 Å². The zero-order valence-electron chi connectivity index (χ0n) is 12.1. The van der Waals surface area contributed by atoms with Crippen LogP contribution in [0.5, 0.6) is 5.75 Å². The van der Waals surface area contributed by atoms with Gasteiger partial charge in [-0.25, -0.2) is 0 Å². The van der Waals surface area contributed by atoms with Crippen LogP contribution in [0, 0.1) is 0 Å². The van der Waals surface area contributed by atoms with Crippen LogP contribution in [-0.2, 0) is 4.79 Å². The number of esters is 1. The van der Waals surface area contributed by atoms with Gasteiger partial charge in [-0.15, -0.1) is 0 Å². The number of ether oxygens (including phenoxy) is 1. The van der Waals surface area contributed by atoms with Crippen molar-refractivity contribution in [3.8, 4) is 5.75 Å². The van der Waals surface area contributed by atoms with Crippen molar-refractivity contribution >= 4 is 23.5 Å². The van der Waals surface area contributed by atoms with Gasteiger partial charge >= 0.3 is 5.97 Å². The van der Waals surface area contributed by atoms with Gasteiger partial charge in [-0.1, -0.05) is 35.9 Å². The SMILES string of the molecule is CC(CC(=O)Oc1cccc(Cl)c1)NC(=O)c1ccccc1. The average molecular weight is 318 g/mol. The van der Waals surface area contributed by atoms with E-state index in [9.17, 15) is 9.59 Å². The molecule has 22 heavy (non-hydrogen) atoms. The molecular weight excluding hydrogens is 302 g/mol. The number of rotatable bonds is 5. The molecule has 5 heteroatoms. The van der Waals surface area contributed by atoms with Crippen LogP contribution >= 0.6 is 11.6 Å². The van der Waals surface area contributed by atoms with Crippen molar-refractivity contribution in [2.24, 2.45) is 0 Å². The van der Waals surface area contributed by atoms with Crippen molar-refractivity contribution in [3.63, 3.8) is 0 Å². The van der Waals surface area contributed by atoms with E-state index in [1.165, 1.54) is 0 Å². The maximum Gasteiger partial charge on any atom is 0.313 e. The molecular formula is C17H16ClNO3. The molecule has 114 valence electrons. The highest BCUT2D eigenvalue weighted by atomic mass is 35.5. The van der Waals surface area contributed by atoms with Gasteiger partial charge in [0.2, 0.25) is 0 Å². The second-order valence-corrected chi connectivity index (χ2v) is 5.31. The van der Waals surface area contributed by atoms with Gasteiger partial charge in [0, 0.05) is 16.6 Å². The predicted octanol–water partition coefficient (Wildman–Crippen LogP) is 3.45. The summed E-state index contributed by atoms with van der Waals surface area (Å²) in [6.45, 7) is 1.75. The first kappa shape index (κ1) is 16.0. The van der Waals surface area contributed by atoms with E-state index in [1.807, 2.05) is 6.07 Å². The van der Waals surface area contributed by atoms with Crippen LogP contribution in [0.4, 0.5) is 0 Å². The lowest BCUT2D eigenvalue weighted by molar-refractivity contribution is -0.134. The van der Waals surface area contributed by atoms with Crippen LogP contribution in [0.2, 0.25) is 5.02 Å². The van der Waals surface area contributed by atoms with Crippen LogP contribution in [0.15, 0.2) is 54.6 Å². The summed E-state index contributed by atoms with van der Waals surface area (Å²) in [6.07, 6.45) is 0.0745. The van der Waals surface area contributed by atoms with Gasteiger partial charge in [-0.05, 0) is 37.3 Å². The molecule has 0 aromatic heterocycles. The van der Waals surface area contributed by atoms with Crippen LogP contribution in [-0.4, -0.2) is 17.9 Å². The topological polar surface area (TPSA) is 55.4 Å². The summed E-state index contributed by atoms with van der Waals surface area (Å²) in [4.78, 5) is 23.8. The Kier molecular flexibility index (Phi) is 5.55. The summed E-state index contributed by atoms with van der Waals surface area (Å²) in [7, 11) is 0. The van der Waals surface area contributed by atoms with Crippen molar-refractivity contribution in [3.05, 3.63) is 65.2 Å². The summed E-state index contributed by atoms with van der Waals surface area (Å²) in [6, 6.07) is 15.1. The molecule has 2 rings (SSSR count). The van der Waals surface area contributed by atoms with Crippen molar-refractivity contribution < 1.29 is 14.3 Å². The third-order valence-corrected chi connectivity index (χ3v) is 3.15. The highest BCUT2D eigenvalue weighted by molar-refractivity contribution is 6.30. The van der Waals surface area contributed by atoms with Gasteiger partial charge in [0.15, 0.2) is 0 Å². The lowest BCUT2D eigenvalue weighted by Crippen LogP contribution is -2.35. The molecule has 1 atom stereocenters. The van der Waals surface area contributed by atoms with Crippen molar-refractivity contribution in [1.82, 2.24) is 5.32 Å². The Balaban J connectivity index is 1.85. The molecule has 0 fully saturated rings. The number of hydrogen-bond acceptors (Lipinski definition) is 3. The molecule has 2 aromatic carbocycles. The molecule has 0 saturated heterocycles. The number of carbonyl (C=O) groups is 2. The molecule has 0 heterocycles. The monoisotopic (exact) mass is 317 g/mol. The first-order valence-corrected chi connectivity index (χ1v) is 7.24. The zero-order chi connectivity index (χ0) is 15.9. The van der Waals surface area contributed by atoms with Gasteiger partial charge in [0.1, 0.15) is 5.75 Å². The lowest BCUT2D eigenvalue weighted by atomic mass is 10.2. The van der Waals surface area contributed by atoms with Gasteiger partial charge < -0.3 is 10.1 Å². The van der Waals surface area contributed by atoms with E-state index < -0.39 is 5.97 Å². The van der Waals surface area contributed by atoms with Gasteiger partial charge in [-0.2, -0.15) is 0 Å². The molecule has 0 aliphatic heterocycles. The fraction of sp³-hybridized carbons (Fsp3) is 0.176. The fourth-order valence-corrected chi connectivity index (χ4v) is 2.08. The smallest absolute Gasteiger partial charge is 0.313 e. The molecule has 0 saturated carbocycles. The molecule has 0 radical (unpaired) electrons. The van der Waals surface area contributed by atoms with Gasteiger partial charge in [-0.3, -0.25) is 9.59 Å². The van der Waals surface area contributed by atoms with E-state index in [2.05, 4.69) is 5.32 Å². The van der Waals surface area contributed by atoms with Crippen LogP contribution in [0.1, 0.15) is 23.7 Å². The van der Waals surface area contributed by atoms with Crippen LogP contribution in [0.25, 0.3) is 0 Å². The number of carbonyl (C=O) groups excluding carboxylic acids is 2. The molecule has 1 unspecified atom stereocenters. The van der Waals surface area contributed by atoms with E-state index in [-0.39, 0.29) is 18.4 Å². The fourth-order valence-electron chi connectivity index (χ4n) is 1.90. The summed E-state index contributed by atoms with van der Waals surface area (Å²) < 4.78 is 5.18. The summed E-state index contributed by atoms with van der Waals surface area (Å²) >= 11 is 5.82. The third kappa shape index (κ3) is 4.90. The summed E-state index contributed by atoms with van der Waals surface area (Å²) in [5.41, 5.74) is 0.553. The third-order valence-electron chi connectivity index (χ3n) is 2.91. The molecule has 0 bridgehead atoms. The number of halogens is 1.